The molecule has 1 nitrogen and oxygen atoms in total. The number of rotatable bonds is 5. The first kappa shape index (κ1) is 12.9. The van der Waals surface area contributed by atoms with E-state index in [0.717, 1.165) is 18.9 Å². The summed E-state index contributed by atoms with van der Waals surface area (Å²) in [6.45, 7) is 13.2. The largest absolute Gasteiger partial charge is 0.299 e. The van der Waals surface area contributed by atoms with Gasteiger partial charge >= 0.3 is 0 Å². The lowest BCUT2D eigenvalue weighted by Gasteiger charge is -2.23. The SMILES string of the molecule is CCC(C)(C)C(=O)CC[Si](C)(C)C. The lowest BCUT2D eigenvalue weighted by atomic mass is 9.84. The summed E-state index contributed by atoms with van der Waals surface area (Å²) in [5.41, 5.74) is -0.0976. The van der Waals surface area contributed by atoms with Crippen molar-refractivity contribution in [2.24, 2.45) is 5.41 Å². The Morgan fingerprint density at radius 2 is 1.69 bits per heavy atom. The lowest BCUT2D eigenvalue weighted by Crippen LogP contribution is -2.27. The highest BCUT2D eigenvalue weighted by molar-refractivity contribution is 6.76. The van der Waals surface area contributed by atoms with Crippen LogP contribution in [0.2, 0.25) is 25.7 Å². The summed E-state index contributed by atoms with van der Waals surface area (Å²) in [5.74, 6) is 0.442. The number of hydrogen-bond acceptors (Lipinski definition) is 1. The molecule has 2 heteroatoms. The lowest BCUT2D eigenvalue weighted by molar-refractivity contribution is -0.126. The van der Waals surface area contributed by atoms with Crippen LogP contribution in [0.5, 0.6) is 0 Å². The minimum absolute atomic E-state index is 0.0976. The monoisotopic (exact) mass is 200 g/mol. The molecule has 0 aromatic carbocycles. The third kappa shape index (κ3) is 5.24. The molecule has 0 fully saturated rings. The van der Waals surface area contributed by atoms with Gasteiger partial charge in [-0.1, -0.05) is 46.5 Å². The quantitative estimate of drug-likeness (QED) is 0.618. The minimum atomic E-state index is -1.03. The first-order valence-electron chi connectivity index (χ1n) is 5.22. The molecule has 0 rings (SSSR count). The fraction of sp³-hybridized carbons (Fsp3) is 0.909. The van der Waals surface area contributed by atoms with Gasteiger partial charge in [0.05, 0.1) is 0 Å². The van der Waals surface area contributed by atoms with Gasteiger partial charge in [-0.25, -0.2) is 0 Å². The standard InChI is InChI=1S/C11H24OSi/c1-7-11(2,3)10(12)8-9-13(4,5)6/h7-9H2,1-6H3. The smallest absolute Gasteiger partial charge is 0.138 e. The van der Waals surface area contributed by atoms with Crippen molar-refractivity contribution in [3.63, 3.8) is 0 Å². The molecule has 0 atom stereocenters. The van der Waals surface area contributed by atoms with Crippen molar-refractivity contribution in [2.75, 3.05) is 0 Å². The third-order valence-corrected chi connectivity index (χ3v) is 4.49. The van der Waals surface area contributed by atoms with Crippen LogP contribution in [-0.2, 0) is 4.79 Å². The van der Waals surface area contributed by atoms with E-state index in [2.05, 4.69) is 40.4 Å². The van der Waals surface area contributed by atoms with Crippen molar-refractivity contribution in [1.82, 2.24) is 0 Å². The number of carbonyl (C=O) groups excluding carboxylic acids is 1. The summed E-state index contributed by atoms with van der Waals surface area (Å²) in [6, 6.07) is 1.13. The van der Waals surface area contributed by atoms with E-state index in [1.165, 1.54) is 0 Å². The summed E-state index contributed by atoms with van der Waals surface area (Å²) >= 11 is 0. The van der Waals surface area contributed by atoms with Gasteiger partial charge in [0.1, 0.15) is 5.78 Å². The molecule has 0 aromatic rings. The van der Waals surface area contributed by atoms with Crippen LogP contribution in [0, 0.1) is 5.41 Å². The second-order valence-corrected chi connectivity index (χ2v) is 11.3. The maximum atomic E-state index is 11.8. The molecule has 0 saturated carbocycles. The molecule has 0 spiro atoms. The molecule has 0 aromatic heterocycles. The van der Waals surface area contributed by atoms with Crippen LogP contribution in [0.3, 0.4) is 0 Å². The van der Waals surface area contributed by atoms with E-state index in [1.807, 2.05) is 0 Å². The second kappa shape index (κ2) is 4.40. The molecule has 0 aliphatic heterocycles. The average molecular weight is 200 g/mol. The molecule has 0 bridgehead atoms. The van der Waals surface area contributed by atoms with Crippen molar-refractivity contribution in [2.45, 2.75) is 59.3 Å². The molecule has 0 radical (unpaired) electrons. The van der Waals surface area contributed by atoms with E-state index in [0.29, 0.717) is 5.78 Å². The number of ketones is 1. The highest BCUT2D eigenvalue weighted by Crippen LogP contribution is 2.25. The Balaban J connectivity index is 4.03. The fourth-order valence-electron chi connectivity index (χ4n) is 1.02. The number of hydrogen-bond donors (Lipinski definition) is 0. The molecule has 0 aliphatic carbocycles. The van der Waals surface area contributed by atoms with E-state index in [1.54, 1.807) is 0 Å². The van der Waals surface area contributed by atoms with E-state index < -0.39 is 8.07 Å². The topological polar surface area (TPSA) is 17.1 Å². The van der Waals surface area contributed by atoms with Gasteiger partial charge in [-0.15, -0.1) is 0 Å². The van der Waals surface area contributed by atoms with E-state index in [-0.39, 0.29) is 5.41 Å². The van der Waals surface area contributed by atoms with Crippen molar-refractivity contribution in [3.05, 3.63) is 0 Å². The van der Waals surface area contributed by atoms with Crippen LogP contribution >= 0.6 is 0 Å². The Morgan fingerprint density at radius 3 is 2.00 bits per heavy atom. The van der Waals surface area contributed by atoms with Crippen molar-refractivity contribution in [3.8, 4) is 0 Å². The van der Waals surface area contributed by atoms with Gasteiger partial charge < -0.3 is 0 Å². The zero-order chi connectivity index (χ0) is 10.7. The van der Waals surface area contributed by atoms with Crippen molar-refractivity contribution < 1.29 is 4.79 Å². The van der Waals surface area contributed by atoms with Crippen LogP contribution in [0.25, 0.3) is 0 Å². The fourth-order valence-corrected chi connectivity index (χ4v) is 2.00. The van der Waals surface area contributed by atoms with Gasteiger partial charge in [0, 0.05) is 19.9 Å². The van der Waals surface area contributed by atoms with Crippen LogP contribution in [0.1, 0.15) is 33.6 Å². The molecule has 13 heavy (non-hydrogen) atoms. The Labute approximate surface area is 83.9 Å². The van der Waals surface area contributed by atoms with E-state index in [4.69, 9.17) is 0 Å². The summed E-state index contributed by atoms with van der Waals surface area (Å²) in [7, 11) is -1.03. The molecule has 0 saturated heterocycles. The average Bonchev–Trinajstić information content (AvgIpc) is 1.98. The van der Waals surface area contributed by atoms with Crippen molar-refractivity contribution in [1.29, 1.82) is 0 Å². The molecular formula is C11H24OSi. The van der Waals surface area contributed by atoms with Crippen LogP contribution < -0.4 is 0 Å². The number of carbonyl (C=O) groups is 1. The summed E-state index contributed by atoms with van der Waals surface area (Å²) in [4.78, 5) is 11.8. The van der Waals surface area contributed by atoms with Gasteiger partial charge in [-0.05, 0) is 6.42 Å². The maximum absolute atomic E-state index is 11.8. The van der Waals surface area contributed by atoms with Gasteiger partial charge in [-0.2, -0.15) is 0 Å². The molecule has 0 amide bonds. The third-order valence-electron chi connectivity index (χ3n) is 2.74. The van der Waals surface area contributed by atoms with Gasteiger partial charge in [0.15, 0.2) is 0 Å². The van der Waals surface area contributed by atoms with Gasteiger partial charge in [0.25, 0.3) is 0 Å². The summed E-state index contributed by atoms with van der Waals surface area (Å²) < 4.78 is 0. The first-order chi connectivity index (χ1) is 5.69. The van der Waals surface area contributed by atoms with Crippen LogP contribution in [0.15, 0.2) is 0 Å². The predicted molar refractivity (Wildman–Crippen MR) is 61.8 cm³/mol. The Hall–Kier alpha value is -0.113. The van der Waals surface area contributed by atoms with E-state index >= 15 is 0 Å². The van der Waals surface area contributed by atoms with Crippen molar-refractivity contribution >= 4 is 13.9 Å². The van der Waals surface area contributed by atoms with Crippen LogP contribution in [0.4, 0.5) is 0 Å². The summed E-state index contributed by atoms with van der Waals surface area (Å²) in [6.07, 6.45) is 1.74. The highest BCUT2D eigenvalue weighted by atomic mass is 28.3. The molecule has 0 unspecified atom stereocenters. The maximum Gasteiger partial charge on any atom is 0.138 e. The van der Waals surface area contributed by atoms with Crippen LogP contribution in [-0.4, -0.2) is 13.9 Å². The number of Topliss-reactive ketones (excluding diaryl/α,β-unsaturated/α-hetero) is 1. The predicted octanol–water partition coefficient (Wildman–Crippen LogP) is 3.72. The summed E-state index contributed by atoms with van der Waals surface area (Å²) in [5, 5.41) is 0. The zero-order valence-electron chi connectivity index (χ0n) is 10.0. The molecule has 0 aliphatic rings. The Kier molecular flexibility index (Phi) is 4.37. The highest BCUT2D eigenvalue weighted by Gasteiger charge is 2.26. The Bertz CT molecular complexity index is 177. The molecular weight excluding hydrogens is 176 g/mol. The van der Waals surface area contributed by atoms with Gasteiger partial charge in [-0.3, -0.25) is 4.79 Å². The second-order valence-electron chi connectivity index (χ2n) is 5.72. The molecule has 78 valence electrons. The zero-order valence-corrected chi connectivity index (χ0v) is 11.0. The van der Waals surface area contributed by atoms with E-state index in [9.17, 15) is 4.79 Å². The molecule has 0 heterocycles. The first-order valence-corrected chi connectivity index (χ1v) is 8.93. The molecule has 0 N–H and O–H groups in total. The van der Waals surface area contributed by atoms with Gasteiger partial charge in [0.2, 0.25) is 0 Å². The Morgan fingerprint density at radius 1 is 1.23 bits per heavy atom. The minimum Gasteiger partial charge on any atom is -0.299 e. The normalized spacial score (nSPS) is 13.1.